The summed E-state index contributed by atoms with van der Waals surface area (Å²) in [5, 5.41) is 11.6. The van der Waals surface area contributed by atoms with E-state index in [-0.39, 0.29) is 6.42 Å². The Morgan fingerprint density at radius 1 is 1.53 bits per heavy atom. The SMILES string of the molecule is COc1cccc(Nc2nc(CCC(=O)O)co2)c1. The molecule has 0 spiro atoms. The van der Waals surface area contributed by atoms with Crippen LogP contribution in [0.25, 0.3) is 0 Å². The summed E-state index contributed by atoms with van der Waals surface area (Å²) < 4.78 is 10.3. The van der Waals surface area contributed by atoms with Crippen molar-refractivity contribution in [2.75, 3.05) is 12.4 Å². The molecule has 0 unspecified atom stereocenters. The Kier molecular flexibility index (Phi) is 4.02. The highest BCUT2D eigenvalue weighted by atomic mass is 16.5. The number of rotatable bonds is 6. The molecule has 2 aromatic rings. The minimum atomic E-state index is -0.856. The molecule has 0 saturated carbocycles. The number of aromatic nitrogens is 1. The first-order valence-electron chi connectivity index (χ1n) is 5.74. The largest absolute Gasteiger partial charge is 0.497 e. The summed E-state index contributed by atoms with van der Waals surface area (Å²) in [6.07, 6.45) is 1.83. The van der Waals surface area contributed by atoms with Crippen LogP contribution in [0.1, 0.15) is 12.1 Å². The number of ether oxygens (including phenoxy) is 1. The van der Waals surface area contributed by atoms with Crippen molar-refractivity contribution in [3.8, 4) is 5.75 Å². The smallest absolute Gasteiger partial charge is 0.303 e. The molecule has 100 valence electrons. The summed E-state index contributed by atoms with van der Waals surface area (Å²) in [5.41, 5.74) is 1.39. The van der Waals surface area contributed by atoms with Gasteiger partial charge >= 0.3 is 5.97 Å². The number of nitrogens with one attached hydrogen (secondary N) is 1. The molecule has 0 fully saturated rings. The topological polar surface area (TPSA) is 84.6 Å². The van der Waals surface area contributed by atoms with Gasteiger partial charge in [-0.05, 0) is 12.1 Å². The highest BCUT2D eigenvalue weighted by Crippen LogP contribution is 2.21. The van der Waals surface area contributed by atoms with Crippen molar-refractivity contribution in [3.05, 3.63) is 36.2 Å². The molecule has 0 radical (unpaired) electrons. The van der Waals surface area contributed by atoms with Crippen molar-refractivity contribution in [2.45, 2.75) is 12.8 Å². The lowest BCUT2D eigenvalue weighted by Gasteiger charge is -2.03. The number of hydrogen-bond donors (Lipinski definition) is 2. The molecule has 1 aromatic carbocycles. The fourth-order valence-electron chi connectivity index (χ4n) is 1.54. The average Bonchev–Trinajstić information content (AvgIpc) is 2.84. The highest BCUT2D eigenvalue weighted by Gasteiger charge is 2.06. The number of carbonyl (C=O) groups is 1. The molecule has 0 aliphatic rings. The molecule has 0 aliphatic heterocycles. The van der Waals surface area contributed by atoms with E-state index in [0.29, 0.717) is 18.1 Å². The first-order valence-corrected chi connectivity index (χ1v) is 5.74. The Hall–Kier alpha value is -2.50. The summed E-state index contributed by atoms with van der Waals surface area (Å²) in [4.78, 5) is 14.6. The fourth-order valence-corrected chi connectivity index (χ4v) is 1.54. The molecule has 6 nitrogen and oxygen atoms in total. The van der Waals surface area contributed by atoms with Gasteiger partial charge in [-0.25, -0.2) is 0 Å². The first-order chi connectivity index (χ1) is 9.17. The van der Waals surface area contributed by atoms with E-state index in [1.807, 2.05) is 18.2 Å². The lowest BCUT2D eigenvalue weighted by Crippen LogP contribution is -1.98. The Morgan fingerprint density at radius 3 is 3.11 bits per heavy atom. The van der Waals surface area contributed by atoms with Crippen LogP contribution in [0.2, 0.25) is 0 Å². The van der Waals surface area contributed by atoms with Crippen molar-refractivity contribution in [3.63, 3.8) is 0 Å². The summed E-state index contributed by atoms with van der Waals surface area (Å²) in [7, 11) is 1.59. The second-order valence-corrected chi connectivity index (χ2v) is 3.89. The standard InChI is InChI=1S/C13H14N2O4/c1-18-11-4-2-3-9(7-11)14-13-15-10(8-19-13)5-6-12(16)17/h2-4,7-8H,5-6H2,1H3,(H,14,15)(H,16,17). The van der Waals surface area contributed by atoms with Gasteiger partial charge in [0.15, 0.2) is 0 Å². The Morgan fingerprint density at radius 2 is 2.37 bits per heavy atom. The van der Waals surface area contributed by atoms with Crippen molar-refractivity contribution in [1.29, 1.82) is 0 Å². The van der Waals surface area contributed by atoms with Crippen LogP contribution in [0.5, 0.6) is 5.75 Å². The zero-order valence-electron chi connectivity index (χ0n) is 10.4. The van der Waals surface area contributed by atoms with Gasteiger partial charge in [0, 0.05) is 18.2 Å². The van der Waals surface area contributed by atoms with Gasteiger partial charge < -0.3 is 19.6 Å². The van der Waals surface area contributed by atoms with Crippen molar-refractivity contribution < 1.29 is 19.1 Å². The Bertz CT molecular complexity index is 565. The molecule has 0 amide bonds. The molecule has 2 rings (SSSR count). The minimum absolute atomic E-state index is 0.0329. The van der Waals surface area contributed by atoms with Crippen LogP contribution >= 0.6 is 0 Å². The molecule has 0 saturated heterocycles. The quantitative estimate of drug-likeness (QED) is 0.831. The second kappa shape index (κ2) is 5.90. The number of oxazole rings is 1. The fraction of sp³-hybridized carbons (Fsp3) is 0.231. The zero-order valence-corrected chi connectivity index (χ0v) is 10.4. The third kappa shape index (κ3) is 3.74. The number of carboxylic acids is 1. The van der Waals surface area contributed by atoms with E-state index in [1.165, 1.54) is 6.26 Å². The molecule has 0 bridgehead atoms. The van der Waals surface area contributed by atoms with Crippen LogP contribution in [0, 0.1) is 0 Å². The third-order valence-corrected chi connectivity index (χ3v) is 2.47. The molecular weight excluding hydrogens is 248 g/mol. The zero-order chi connectivity index (χ0) is 13.7. The van der Waals surface area contributed by atoms with E-state index in [4.69, 9.17) is 14.3 Å². The molecule has 0 atom stereocenters. The number of carboxylic acid groups (broad SMARTS) is 1. The highest BCUT2D eigenvalue weighted by molar-refractivity contribution is 5.67. The molecule has 1 aromatic heterocycles. The van der Waals surface area contributed by atoms with Crippen LogP contribution in [0.15, 0.2) is 34.9 Å². The van der Waals surface area contributed by atoms with Gasteiger partial charge in [-0.15, -0.1) is 0 Å². The molecule has 1 heterocycles. The van der Waals surface area contributed by atoms with Crippen LogP contribution < -0.4 is 10.1 Å². The number of nitrogens with zero attached hydrogens (tertiary/aromatic N) is 1. The summed E-state index contributed by atoms with van der Waals surface area (Å²) in [6, 6.07) is 7.66. The summed E-state index contributed by atoms with van der Waals surface area (Å²) in [5.74, 6) is -0.132. The predicted molar refractivity (Wildman–Crippen MR) is 68.7 cm³/mol. The first kappa shape index (κ1) is 12.9. The van der Waals surface area contributed by atoms with Crippen molar-refractivity contribution >= 4 is 17.7 Å². The minimum Gasteiger partial charge on any atom is -0.497 e. The van der Waals surface area contributed by atoms with E-state index >= 15 is 0 Å². The summed E-state index contributed by atoms with van der Waals surface area (Å²) in [6.45, 7) is 0. The Balaban J connectivity index is 2.00. The normalized spacial score (nSPS) is 10.2. The van der Waals surface area contributed by atoms with Crippen molar-refractivity contribution in [2.24, 2.45) is 0 Å². The molecule has 0 aliphatic carbocycles. The van der Waals surface area contributed by atoms with Crippen molar-refractivity contribution in [1.82, 2.24) is 4.98 Å². The van der Waals surface area contributed by atoms with Crippen LogP contribution in [-0.2, 0) is 11.2 Å². The predicted octanol–water partition coefficient (Wildman–Crippen LogP) is 2.44. The van der Waals surface area contributed by atoms with E-state index in [1.54, 1.807) is 13.2 Å². The number of methoxy groups -OCH3 is 1. The second-order valence-electron chi connectivity index (χ2n) is 3.89. The van der Waals surface area contributed by atoms with Gasteiger partial charge in [0.25, 0.3) is 6.01 Å². The molecule has 6 heteroatoms. The van der Waals surface area contributed by atoms with Gasteiger partial charge in [-0.2, -0.15) is 4.98 Å². The molecular formula is C13H14N2O4. The van der Waals surface area contributed by atoms with E-state index < -0.39 is 5.97 Å². The average molecular weight is 262 g/mol. The lowest BCUT2D eigenvalue weighted by molar-refractivity contribution is -0.136. The lowest BCUT2D eigenvalue weighted by atomic mass is 10.2. The van der Waals surface area contributed by atoms with Gasteiger partial charge in [0.05, 0.1) is 19.2 Å². The number of hydrogen-bond acceptors (Lipinski definition) is 5. The van der Waals surface area contributed by atoms with Crippen LogP contribution in [0.3, 0.4) is 0 Å². The maximum atomic E-state index is 10.5. The van der Waals surface area contributed by atoms with Gasteiger partial charge in [-0.1, -0.05) is 6.07 Å². The summed E-state index contributed by atoms with van der Waals surface area (Å²) >= 11 is 0. The maximum Gasteiger partial charge on any atom is 0.303 e. The van der Waals surface area contributed by atoms with Gasteiger partial charge in [0.1, 0.15) is 12.0 Å². The maximum absolute atomic E-state index is 10.5. The number of aryl methyl sites for hydroxylation is 1. The number of benzene rings is 1. The van der Waals surface area contributed by atoms with Crippen LogP contribution in [0.4, 0.5) is 11.7 Å². The van der Waals surface area contributed by atoms with Gasteiger partial charge in [0.2, 0.25) is 0 Å². The monoisotopic (exact) mass is 262 g/mol. The van der Waals surface area contributed by atoms with E-state index in [2.05, 4.69) is 10.3 Å². The van der Waals surface area contributed by atoms with E-state index in [0.717, 1.165) is 11.4 Å². The van der Waals surface area contributed by atoms with Gasteiger partial charge in [-0.3, -0.25) is 4.79 Å². The number of aliphatic carboxylic acids is 1. The van der Waals surface area contributed by atoms with E-state index in [9.17, 15) is 4.79 Å². The molecule has 2 N–H and O–H groups in total. The number of anilines is 2. The van der Waals surface area contributed by atoms with Crippen LogP contribution in [-0.4, -0.2) is 23.2 Å². The molecule has 19 heavy (non-hydrogen) atoms. The third-order valence-electron chi connectivity index (χ3n) is 2.47. The Labute approximate surface area is 110 Å².